The number of nitrogens with zero attached hydrogens (tertiary/aromatic N) is 1. The summed E-state index contributed by atoms with van der Waals surface area (Å²) >= 11 is 0. The highest BCUT2D eigenvalue weighted by molar-refractivity contribution is 5.93. The summed E-state index contributed by atoms with van der Waals surface area (Å²) in [6.45, 7) is 0.789. The Morgan fingerprint density at radius 3 is 3.05 bits per heavy atom. The molecule has 0 radical (unpaired) electrons. The van der Waals surface area contributed by atoms with Crippen LogP contribution in [0.3, 0.4) is 0 Å². The monoisotopic (exact) mass is 288 g/mol. The van der Waals surface area contributed by atoms with Crippen LogP contribution in [0.2, 0.25) is 0 Å². The molecule has 1 heterocycles. The van der Waals surface area contributed by atoms with Crippen molar-refractivity contribution in [2.24, 2.45) is 0 Å². The van der Waals surface area contributed by atoms with Crippen LogP contribution in [0.4, 0.5) is 5.69 Å². The largest absolute Gasteiger partial charge is 0.495 e. The molecule has 0 bridgehead atoms. The van der Waals surface area contributed by atoms with E-state index in [9.17, 15) is 4.79 Å². The van der Waals surface area contributed by atoms with E-state index in [1.165, 1.54) is 7.11 Å². The lowest BCUT2D eigenvalue weighted by atomic mass is 10.0. The van der Waals surface area contributed by atoms with Crippen LogP contribution < -0.4 is 10.1 Å². The third-order valence-corrected chi connectivity index (χ3v) is 3.60. The molecule has 0 aromatic heterocycles. The zero-order chi connectivity index (χ0) is 15.1. The number of anilines is 1. The van der Waals surface area contributed by atoms with Crippen molar-refractivity contribution >= 4 is 11.6 Å². The number of benzene rings is 1. The Bertz CT molecular complexity index is 531. The summed E-state index contributed by atoms with van der Waals surface area (Å²) < 4.78 is 10.8. The molecule has 5 nitrogen and oxygen atoms in total. The van der Waals surface area contributed by atoms with E-state index < -0.39 is 0 Å². The maximum atomic E-state index is 12.1. The molecule has 5 heteroatoms. The molecule has 1 aromatic rings. The summed E-state index contributed by atoms with van der Waals surface area (Å²) in [6.07, 6.45) is 4.56. The van der Waals surface area contributed by atoms with Crippen molar-refractivity contribution in [1.29, 1.82) is 5.26 Å². The summed E-state index contributed by atoms with van der Waals surface area (Å²) in [5.41, 5.74) is 0.841. The fraction of sp³-hybridized carbons (Fsp3) is 0.500. The van der Waals surface area contributed by atoms with Crippen LogP contribution in [-0.2, 0) is 9.53 Å². The number of carbonyl (C=O) groups excluding carboxylic acids is 1. The number of methoxy groups -OCH3 is 1. The van der Waals surface area contributed by atoms with Crippen molar-refractivity contribution in [3.05, 3.63) is 23.8 Å². The first kappa shape index (κ1) is 15.3. The van der Waals surface area contributed by atoms with Gasteiger partial charge in [-0.25, -0.2) is 0 Å². The summed E-state index contributed by atoms with van der Waals surface area (Å²) in [7, 11) is 1.52. The van der Waals surface area contributed by atoms with Gasteiger partial charge in [0.1, 0.15) is 17.5 Å². The SMILES string of the molecule is COc1cccc(C#N)c1NC(=O)CCC1CCCCO1. The van der Waals surface area contributed by atoms with Gasteiger partial charge in [-0.2, -0.15) is 5.26 Å². The highest BCUT2D eigenvalue weighted by Crippen LogP contribution is 2.28. The van der Waals surface area contributed by atoms with Gasteiger partial charge in [-0.3, -0.25) is 4.79 Å². The van der Waals surface area contributed by atoms with Gasteiger partial charge in [0.2, 0.25) is 5.91 Å². The van der Waals surface area contributed by atoms with Gasteiger partial charge in [-0.15, -0.1) is 0 Å². The number of para-hydroxylation sites is 1. The molecule has 1 unspecified atom stereocenters. The molecule has 0 spiro atoms. The minimum absolute atomic E-state index is 0.120. The molecule has 2 rings (SSSR count). The predicted octanol–water partition coefficient (Wildman–Crippen LogP) is 2.85. The molecule has 0 aliphatic carbocycles. The van der Waals surface area contributed by atoms with Crippen molar-refractivity contribution in [1.82, 2.24) is 0 Å². The van der Waals surface area contributed by atoms with Crippen LogP contribution in [0.5, 0.6) is 5.75 Å². The minimum atomic E-state index is -0.120. The molecule has 1 amide bonds. The molecule has 1 atom stereocenters. The van der Waals surface area contributed by atoms with Gasteiger partial charge in [-0.05, 0) is 37.8 Å². The Hall–Kier alpha value is -2.06. The highest BCUT2D eigenvalue weighted by Gasteiger charge is 2.17. The maximum Gasteiger partial charge on any atom is 0.224 e. The molecule has 0 saturated carbocycles. The van der Waals surface area contributed by atoms with E-state index >= 15 is 0 Å². The van der Waals surface area contributed by atoms with Gasteiger partial charge in [0, 0.05) is 13.0 Å². The Balaban J connectivity index is 1.94. The molecule has 1 fully saturated rings. The van der Waals surface area contributed by atoms with Crippen molar-refractivity contribution in [2.75, 3.05) is 19.0 Å². The first-order chi connectivity index (χ1) is 10.2. The molecule has 21 heavy (non-hydrogen) atoms. The Morgan fingerprint density at radius 2 is 2.38 bits per heavy atom. The van der Waals surface area contributed by atoms with Crippen molar-refractivity contribution in [3.8, 4) is 11.8 Å². The fourth-order valence-electron chi connectivity index (χ4n) is 2.45. The highest BCUT2D eigenvalue weighted by atomic mass is 16.5. The molecular weight excluding hydrogens is 268 g/mol. The number of carbonyl (C=O) groups is 1. The van der Waals surface area contributed by atoms with Crippen LogP contribution in [-0.4, -0.2) is 25.7 Å². The van der Waals surface area contributed by atoms with Gasteiger partial charge in [-0.1, -0.05) is 6.07 Å². The molecule has 1 aliphatic heterocycles. The van der Waals surface area contributed by atoms with E-state index in [4.69, 9.17) is 14.7 Å². The second-order valence-corrected chi connectivity index (χ2v) is 5.07. The summed E-state index contributed by atoms with van der Waals surface area (Å²) in [5.74, 6) is 0.376. The molecule has 1 aliphatic rings. The predicted molar refractivity (Wildman–Crippen MR) is 79.2 cm³/mol. The Morgan fingerprint density at radius 1 is 1.52 bits per heavy atom. The van der Waals surface area contributed by atoms with E-state index in [-0.39, 0.29) is 12.0 Å². The van der Waals surface area contributed by atoms with Gasteiger partial charge in [0.25, 0.3) is 0 Å². The summed E-state index contributed by atoms with van der Waals surface area (Å²) in [5, 5.41) is 11.9. The van der Waals surface area contributed by atoms with Gasteiger partial charge < -0.3 is 14.8 Å². The Labute approximate surface area is 124 Å². The lowest BCUT2D eigenvalue weighted by molar-refractivity contribution is -0.117. The van der Waals surface area contributed by atoms with Crippen molar-refractivity contribution in [3.63, 3.8) is 0 Å². The lowest BCUT2D eigenvalue weighted by Crippen LogP contribution is -2.22. The van der Waals surface area contributed by atoms with Gasteiger partial charge >= 0.3 is 0 Å². The molecular formula is C16H20N2O3. The quantitative estimate of drug-likeness (QED) is 0.904. The number of ether oxygens (including phenoxy) is 2. The molecule has 1 aromatic carbocycles. The van der Waals surface area contributed by atoms with Crippen LogP contribution in [0.15, 0.2) is 18.2 Å². The fourth-order valence-corrected chi connectivity index (χ4v) is 2.45. The van der Waals surface area contributed by atoms with Crippen LogP contribution >= 0.6 is 0 Å². The minimum Gasteiger partial charge on any atom is -0.495 e. The molecule has 1 saturated heterocycles. The first-order valence-corrected chi connectivity index (χ1v) is 7.23. The van der Waals surface area contributed by atoms with Gasteiger partial charge in [0.05, 0.1) is 18.8 Å². The third kappa shape index (κ3) is 4.20. The van der Waals surface area contributed by atoms with E-state index in [1.54, 1.807) is 18.2 Å². The lowest BCUT2D eigenvalue weighted by Gasteiger charge is -2.22. The zero-order valence-corrected chi connectivity index (χ0v) is 12.2. The van der Waals surface area contributed by atoms with E-state index in [0.717, 1.165) is 25.9 Å². The smallest absolute Gasteiger partial charge is 0.224 e. The average molecular weight is 288 g/mol. The number of hydrogen-bond acceptors (Lipinski definition) is 4. The molecule has 1 N–H and O–H groups in total. The van der Waals surface area contributed by atoms with Crippen molar-refractivity contribution in [2.45, 2.75) is 38.2 Å². The van der Waals surface area contributed by atoms with Crippen molar-refractivity contribution < 1.29 is 14.3 Å². The van der Waals surface area contributed by atoms with Crippen LogP contribution in [0, 0.1) is 11.3 Å². The number of nitriles is 1. The average Bonchev–Trinajstić information content (AvgIpc) is 2.54. The van der Waals surface area contributed by atoms with E-state index in [1.807, 2.05) is 0 Å². The topological polar surface area (TPSA) is 71.3 Å². The van der Waals surface area contributed by atoms with Crippen LogP contribution in [0.1, 0.15) is 37.7 Å². The van der Waals surface area contributed by atoms with Gasteiger partial charge in [0.15, 0.2) is 0 Å². The number of rotatable bonds is 5. The number of hydrogen-bond donors (Lipinski definition) is 1. The third-order valence-electron chi connectivity index (χ3n) is 3.60. The summed E-state index contributed by atoms with van der Waals surface area (Å²) in [4.78, 5) is 12.1. The molecule has 112 valence electrons. The second-order valence-electron chi connectivity index (χ2n) is 5.07. The van der Waals surface area contributed by atoms with E-state index in [2.05, 4.69) is 11.4 Å². The normalized spacial score (nSPS) is 17.8. The van der Waals surface area contributed by atoms with Crippen LogP contribution in [0.25, 0.3) is 0 Å². The number of nitrogens with one attached hydrogen (secondary N) is 1. The Kier molecular flexibility index (Phi) is 5.59. The zero-order valence-electron chi connectivity index (χ0n) is 12.2. The van der Waals surface area contributed by atoms with E-state index in [0.29, 0.717) is 29.8 Å². The second kappa shape index (κ2) is 7.65. The summed E-state index contributed by atoms with van der Waals surface area (Å²) in [6, 6.07) is 7.16. The number of amides is 1. The maximum absolute atomic E-state index is 12.1. The first-order valence-electron chi connectivity index (χ1n) is 7.23. The standard InChI is InChI=1S/C16H20N2O3/c1-20-14-7-4-5-12(11-17)16(14)18-15(19)9-8-13-6-2-3-10-21-13/h4-5,7,13H,2-3,6,8-10H2,1H3,(H,18,19).